The zero-order valence-corrected chi connectivity index (χ0v) is 36.7. The van der Waals surface area contributed by atoms with Crippen LogP contribution in [0.5, 0.6) is 0 Å². The zero-order valence-electron chi connectivity index (χ0n) is 35.8. The molecule has 0 rings (SSSR count). The first-order valence-electron chi connectivity index (χ1n) is 22.6. The van der Waals surface area contributed by atoms with Crippen molar-refractivity contribution >= 4 is 13.8 Å². The molecule has 3 atom stereocenters. The van der Waals surface area contributed by atoms with Gasteiger partial charge in [-0.15, -0.1) is 0 Å². The summed E-state index contributed by atoms with van der Waals surface area (Å²) in [4.78, 5) is 22.6. The van der Waals surface area contributed by atoms with Crippen molar-refractivity contribution in [3.05, 3.63) is 48.6 Å². The number of allylic oxidation sites excluding steroid dienone is 8. The molecule has 0 radical (unpaired) electrons. The summed E-state index contributed by atoms with van der Waals surface area (Å²) in [5.74, 6) is -0.388. The predicted octanol–water partition coefficient (Wildman–Crippen LogP) is 12.6. The lowest BCUT2D eigenvalue weighted by atomic mass is 10.0. The third kappa shape index (κ3) is 42.0. The van der Waals surface area contributed by atoms with Crippen LogP contribution in [0, 0.1) is 0 Å². The lowest BCUT2D eigenvalue weighted by Crippen LogP contribution is -2.29. The number of aliphatic hydroxyl groups excluding tert-OH is 2. The molecule has 9 nitrogen and oxygen atoms in total. The Morgan fingerprint density at radius 1 is 0.571 bits per heavy atom. The molecule has 10 heteroatoms. The molecule has 328 valence electrons. The average molecular weight is 813 g/mol. The molecule has 0 aliphatic rings. The number of rotatable bonds is 43. The van der Waals surface area contributed by atoms with Crippen LogP contribution in [0.2, 0.25) is 0 Å². The van der Waals surface area contributed by atoms with E-state index < -0.39 is 33.2 Å². The Hall–Kier alpha value is -1.58. The van der Waals surface area contributed by atoms with E-state index in [4.69, 9.17) is 23.6 Å². The topological polar surface area (TPSA) is 132 Å². The van der Waals surface area contributed by atoms with Crippen molar-refractivity contribution in [1.29, 1.82) is 0 Å². The van der Waals surface area contributed by atoms with E-state index in [9.17, 15) is 19.4 Å². The average Bonchev–Trinajstić information content (AvgIpc) is 3.19. The highest BCUT2D eigenvalue weighted by atomic mass is 31.2. The Morgan fingerprint density at radius 3 is 1.54 bits per heavy atom. The Morgan fingerprint density at radius 2 is 1.02 bits per heavy atom. The predicted molar refractivity (Wildman–Crippen MR) is 233 cm³/mol. The molecule has 0 bridgehead atoms. The number of ether oxygens (including phenoxy) is 2. The monoisotopic (exact) mass is 813 g/mol. The number of esters is 1. The summed E-state index contributed by atoms with van der Waals surface area (Å²) in [5.41, 5.74) is 0. The van der Waals surface area contributed by atoms with E-state index in [0.29, 0.717) is 6.61 Å². The molecule has 0 aromatic rings. The van der Waals surface area contributed by atoms with Gasteiger partial charge in [-0.05, 0) is 51.4 Å². The van der Waals surface area contributed by atoms with Crippen molar-refractivity contribution in [1.82, 2.24) is 0 Å². The van der Waals surface area contributed by atoms with Gasteiger partial charge in [0, 0.05) is 13.0 Å². The van der Waals surface area contributed by atoms with E-state index in [0.717, 1.165) is 83.5 Å². The van der Waals surface area contributed by atoms with Gasteiger partial charge in [0.2, 0.25) is 0 Å². The Balaban J connectivity index is 4.17. The maximum absolute atomic E-state index is 12.6. The van der Waals surface area contributed by atoms with Crippen LogP contribution in [-0.4, -0.2) is 66.3 Å². The van der Waals surface area contributed by atoms with Gasteiger partial charge in [0.1, 0.15) is 12.2 Å². The highest BCUT2D eigenvalue weighted by Crippen LogP contribution is 2.43. The largest absolute Gasteiger partial charge is 0.472 e. The SMILES string of the molecule is CC/C=C\C/C=C\C/C=C\C/C=C\CCCCCCCOCC(COP(=O)(O)OCC(O)CO)OC(=O)CCCCCCCCCCCCCCCCCCC. The number of aliphatic hydroxyl groups is 2. The highest BCUT2D eigenvalue weighted by Gasteiger charge is 2.26. The lowest BCUT2D eigenvalue weighted by molar-refractivity contribution is -0.154. The summed E-state index contributed by atoms with van der Waals surface area (Å²) in [5, 5.41) is 18.4. The number of phosphoric ester groups is 1. The van der Waals surface area contributed by atoms with E-state index in [-0.39, 0.29) is 25.6 Å². The molecule has 3 N–H and O–H groups in total. The number of hydrogen-bond acceptors (Lipinski definition) is 8. The van der Waals surface area contributed by atoms with Crippen molar-refractivity contribution < 1.29 is 43.0 Å². The molecule has 0 aromatic carbocycles. The summed E-state index contributed by atoms with van der Waals surface area (Å²) in [7, 11) is -4.52. The molecular weight excluding hydrogens is 727 g/mol. The number of phosphoric acid groups is 1. The normalized spacial score (nSPS) is 14.4. The fourth-order valence-electron chi connectivity index (χ4n) is 6.11. The maximum atomic E-state index is 12.6. The van der Waals surface area contributed by atoms with Gasteiger partial charge in [-0.25, -0.2) is 4.57 Å². The van der Waals surface area contributed by atoms with Gasteiger partial charge in [-0.3, -0.25) is 13.8 Å². The first-order chi connectivity index (χ1) is 27.3. The van der Waals surface area contributed by atoms with Crippen LogP contribution in [0.3, 0.4) is 0 Å². The van der Waals surface area contributed by atoms with E-state index in [1.807, 2.05) is 0 Å². The van der Waals surface area contributed by atoms with E-state index in [2.05, 4.69) is 62.5 Å². The smallest absolute Gasteiger partial charge is 0.457 e. The van der Waals surface area contributed by atoms with Crippen LogP contribution in [0.25, 0.3) is 0 Å². The second-order valence-electron chi connectivity index (χ2n) is 15.0. The third-order valence-electron chi connectivity index (χ3n) is 9.53. The summed E-state index contributed by atoms with van der Waals surface area (Å²) >= 11 is 0. The summed E-state index contributed by atoms with van der Waals surface area (Å²) in [6.07, 6.45) is 47.8. The second kappa shape index (κ2) is 43.0. The first kappa shape index (κ1) is 54.4. The van der Waals surface area contributed by atoms with Crippen LogP contribution in [0.1, 0.15) is 194 Å². The first-order valence-corrected chi connectivity index (χ1v) is 24.1. The fraction of sp³-hybridized carbons (Fsp3) is 0.804. The molecule has 0 aliphatic heterocycles. The quantitative estimate of drug-likeness (QED) is 0.0238. The van der Waals surface area contributed by atoms with Crippen molar-refractivity contribution in [3.8, 4) is 0 Å². The highest BCUT2D eigenvalue weighted by molar-refractivity contribution is 7.47. The van der Waals surface area contributed by atoms with Crippen LogP contribution in [0.15, 0.2) is 48.6 Å². The zero-order chi connectivity index (χ0) is 41.1. The van der Waals surface area contributed by atoms with Crippen molar-refractivity contribution in [2.75, 3.05) is 33.0 Å². The number of carbonyl (C=O) groups is 1. The van der Waals surface area contributed by atoms with E-state index >= 15 is 0 Å². The molecule has 0 fully saturated rings. The molecule has 0 aromatic heterocycles. The minimum atomic E-state index is -4.52. The van der Waals surface area contributed by atoms with Gasteiger partial charge in [-0.1, -0.05) is 184 Å². The van der Waals surface area contributed by atoms with Crippen LogP contribution >= 0.6 is 7.82 Å². The molecule has 0 spiro atoms. The standard InChI is InChI=1S/C46H85O9P/c1-3-5-7-9-11-13-15-17-19-21-23-25-27-29-31-33-35-37-39-52-42-45(43-54-56(50,51)53-41-44(48)40-47)55-46(49)38-36-34-32-30-28-26-24-22-20-18-16-14-12-10-8-6-4-2/h5,7,11,13,17,19,23,25,44-45,47-48H,3-4,6,8-10,12,14-16,18,20-22,24,26-43H2,1-2H3,(H,50,51)/b7-5-,13-11-,19-17-,25-23-. The lowest BCUT2D eigenvalue weighted by Gasteiger charge is -2.20. The van der Waals surface area contributed by atoms with Crippen molar-refractivity contribution in [2.24, 2.45) is 0 Å². The second-order valence-corrected chi connectivity index (χ2v) is 16.5. The summed E-state index contributed by atoms with van der Waals surface area (Å²) in [6, 6.07) is 0. The molecule has 0 amide bonds. The molecule has 0 aliphatic carbocycles. The number of carbonyl (C=O) groups excluding carboxylic acids is 1. The number of unbranched alkanes of at least 4 members (excludes halogenated alkanes) is 21. The Labute approximate surface area is 343 Å². The number of hydrogen-bond donors (Lipinski definition) is 3. The van der Waals surface area contributed by atoms with Crippen LogP contribution in [0.4, 0.5) is 0 Å². The third-order valence-corrected chi connectivity index (χ3v) is 10.5. The molecule has 0 saturated carbocycles. The summed E-state index contributed by atoms with van der Waals surface area (Å²) < 4.78 is 33.4. The van der Waals surface area contributed by atoms with Gasteiger partial charge in [0.15, 0.2) is 0 Å². The van der Waals surface area contributed by atoms with E-state index in [1.54, 1.807) is 0 Å². The molecule has 0 saturated heterocycles. The van der Waals surface area contributed by atoms with Crippen LogP contribution in [-0.2, 0) is 27.9 Å². The molecule has 0 heterocycles. The van der Waals surface area contributed by atoms with E-state index in [1.165, 1.54) is 89.9 Å². The molecule has 56 heavy (non-hydrogen) atoms. The Kier molecular flexibility index (Phi) is 41.8. The van der Waals surface area contributed by atoms with Crippen molar-refractivity contribution in [2.45, 2.75) is 206 Å². The van der Waals surface area contributed by atoms with Gasteiger partial charge >= 0.3 is 13.8 Å². The fourth-order valence-corrected chi connectivity index (χ4v) is 6.90. The van der Waals surface area contributed by atoms with Gasteiger partial charge in [0.25, 0.3) is 0 Å². The van der Waals surface area contributed by atoms with Gasteiger partial charge in [-0.2, -0.15) is 0 Å². The summed E-state index contributed by atoms with van der Waals surface area (Å²) in [6.45, 7) is 3.38. The maximum Gasteiger partial charge on any atom is 0.472 e. The minimum Gasteiger partial charge on any atom is -0.457 e. The van der Waals surface area contributed by atoms with Gasteiger partial charge < -0.3 is 24.6 Å². The van der Waals surface area contributed by atoms with Crippen molar-refractivity contribution in [3.63, 3.8) is 0 Å². The van der Waals surface area contributed by atoms with Gasteiger partial charge in [0.05, 0.1) is 26.4 Å². The minimum absolute atomic E-state index is 0.0376. The Bertz CT molecular complexity index is 1010. The molecule has 3 unspecified atom stereocenters. The van der Waals surface area contributed by atoms with Crippen LogP contribution < -0.4 is 0 Å². The molecular formula is C46H85O9P.